The minimum absolute atomic E-state index is 0.317. The van der Waals surface area contributed by atoms with E-state index in [9.17, 15) is 14.4 Å². The van der Waals surface area contributed by atoms with E-state index in [1.54, 1.807) is 0 Å². The Morgan fingerprint density at radius 2 is 2.04 bits per heavy atom. The Balaban J connectivity index is 1.69. The summed E-state index contributed by atoms with van der Waals surface area (Å²) in [6.45, 7) is 1.99. The molecule has 3 amide bonds. The van der Waals surface area contributed by atoms with Gasteiger partial charge in [-0.1, -0.05) is 37.6 Å². The second-order valence-corrected chi connectivity index (χ2v) is 6.42. The van der Waals surface area contributed by atoms with E-state index >= 15 is 0 Å². The molecule has 1 aliphatic heterocycles. The SMILES string of the molecule is CCCCOC(=O)CN1C(=O)NC2(CCc3ccccc3C2)C1=O. The normalized spacial score (nSPS) is 22.5. The number of urea groups is 1. The lowest BCUT2D eigenvalue weighted by Gasteiger charge is -2.32. The number of imide groups is 1. The van der Waals surface area contributed by atoms with E-state index in [4.69, 9.17) is 4.74 Å². The van der Waals surface area contributed by atoms with Crippen LogP contribution in [0.15, 0.2) is 24.3 Å². The van der Waals surface area contributed by atoms with Gasteiger partial charge in [-0.3, -0.25) is 14.5 Å². The van der Waals surface area contributed by atoms with E-state index in [1.165, 1.54) is 5.56 Å². The fourth-order valence-electron chi connectivity index (χ4n) is 3.35. The predicted molar refractivity (Wildman–Crippen MR) is 87.3 cm³/mol. The number of benzene rings is 1. The molecule has 1 spiro atoms. The molecule has 3 rings (SSSR count). The van der Waals surface area contributed by atoms with Crippen molar-refractivity contribution >= 4 is 17.9 Å². The summed E-state index contributed by atoms with van der Waals surface area (Å²) in [5.41, 5.74) is 1.36. The molecule has 6 nitrogen and oxygen atoms in total. The quantitative estimate of drug-likeness (QED) is 0.507. The van der Waals surface area contributed by atoms with Gasteiger partial charge in [0.05, 0.1) is 6.61 Å². The Morgan fingerprint density at radius 1 is 1.29 bits per heavy atom. The van der Waals surface area contributed by atoms with Gasteiger partial charge in [-0.15, -0.1) is 0 Å². The maximum Gasteiger partial charge on any atom is 0.326 e. The molecular formula is C18H22N2O4. The summed E-state index contributed by atoms with van der Waals surface area (Å²) >= 11 is 0. The van der Waals surface area contributed by atoms with Crippen LogP contribution in [0, 0.1) is 0 Å². The van der Waals surface area contributed by atoms with E-state index in [0.717, 1.165) is 29.7 Å². The van der Waals surface area contributed by atoms with Crippen LogP contribution < -0.4 is 5.32 Å². The van der Waals surface area contributed by atoms with Gasteiger partial charge >= 0.3 is 12.0 Å². The van der Waals surface area contributed by atoms with Gasteiger partial charge in [0.1, 0.15) is 12.1 Å². The molecule has 1 saturated heterocycles. The van der Waals surface area contributed by atoms with Crippen molar-refractivity contribution in [1.82, 2.24) is 10.2 Å². The molecule has 128 valence electrons. The van der Waals surface area contributed by atoms with E-state index in [2.05, 4.69) is 5.32 Å². The Bertz CT molecular complexity index is 673. The fourth-order valence-corrected chi connectivity index (χ4v) is 3.35. The highest BCUT2D eigenvalue weighted by molar-refractivity contribution is 6.09. The largest absolute Gasteiger partial charge is 0.464 e. The van der Waals surface area contributed by atoms with Crippen LogP contribution in [0.5, 0.6) is 0 Å². The van der Waals surface area contributed by atoms with E-state index < -0.39 is 17.5 Å². The summed E-state index contributed by atoms with van der Waals surface area (Å²) < 4.78 is 5.06. The zero-order valence-corrected chi connectivity index (χ0v) is 13.8. The zero-order chi connectivity index (χ0) is 17.2. The smallest absolute Gasteiger partial charge is 0.326 e. The number of nitrogens with zero attached hydrogens (tertiary/aromatic N) is 1. The highest BCUT2D eigenvalue weighted by Crippen LogP contribution is 2.33. The molecule has 1 aliphatic carbocycles. The molecule has 1 heterocycles. The maximum absolute atomic E-state index is 12.8. The monoisotopic (exact) mass is 330 g/mol. The molecule has 1 aromatic carbocycles. The lowest BCUT2D eigenvalue weighted by molar-refractivity contribution is -0.148. The van der Waals surface area contributed by atoms with Crippen molar-refractivity contribution in [2.45, 2.75) is 44.6 Å². The molecule has 0 radical (unpaired) electrons. The molecule has 0 bridgehead atoms. The predicted octanol–water partition coefficient (Wildman–Crippen LogP) is 1.81. The first-order chi connectivity index (χ1) is 11.6. The van der Waals surface area contributed by atoms with Gasteiger partial charge in [-0.2, -0.15) is 0 Å². The summed E-state index contributed by atoms with van der Waals surface area (Å²) in [5.74, 6) is -0.866. The third-order valence-electron chi connectivity index (χ3n) is 4.73. The summed E-state index contributed by atoms with van der Waals surface area (Å²) in [6.07, 6.45) is 3.44. The van der Waals surface area contributed by atoms with Gasteiger partial charge in [0.25, 0.3) is 5.91 Å². The number of hydrogen-bond donors (Lipinski definition) is 1. The lowest BCUT2D eigenvalue weighted by atomic mass is 9.78. The highest BCUT2D eigenvalue weighted by atomic mass is 16.5. The highest BCUT2D eigenvalue weighted by Gasteiger charge is 2.52. The Hall–Kier alpha value is -2.37. The van der Waals surface area contributed by atoms with Gasteiger partial charge in [-0.25, -0.2) is 4.79 Å². The zero-order valence-electron chi connectivity index (χ0n) is 13.8. The average Bonchev–Trinajstić information content (AvgIpc) is 2.79. The number of rotatable bonds is 5. The van der Waals surface area contributed by atoms with E-state index in [-0.39, 0.29) is 12.5 Å². The number of aryl methyl sites for hydroxylation is 1. The van der Waals surface area contributed by atoms with Crippen LogP contribution in [0.3, 0.4) is 0 Å². The van der Waals surface area contributed by atoms with Crippen molar-refractivity contribution in [2.24, 2.45) is 0 Å². The standard InChI is InChI=1S/C18H22N2O4/c1-2-3-10-24-15(21)12-20-16(22)18(19-17(20)23)9-8-13-6-4-5-7-14(13)11-18/h4-7H,2-3,8-12H2,1H3,(H,19,23). The molecule has 2 aliphatic rings. The Labute approximate surface area is 141 Å². The van der Waals surface area contributed by atoms with Crippen molar-refractivity contribution in [1.29, 1.82) is 0 Å². The van der Waals surface area contributed by atoms with E-state index in [0.29, 0.717) is 19.4 Å². The lowest BCUT2D eigenvalue weighted by Crippen LogP contribution is -2.51. The number of amides is 3. The topological polar surface area (TPSA) is 75.7 Å². The molecule has 24 heavy (non-hydrogen) atoms. The molecule has 6 heteroatoms. The summed E-state index contributed by atoms with van der Waals surface area (Å²) in [6, 6.07) is 7.43. The van der Waals surface area contributed by atoms with Gasteiger partial charge in [0.2, 0.25) is 0 Å². The van der Waals surface area contributed by atoms with Gasteiger partial charge in [-0.05, 0) is 30.4 Å². The molecule has 1 aromatic rings. The van der Waals surface area contributed by atoms with Gasteiger partial charge < -0.3 is 10.1 Å². The van der Waals surface area contributed by atoms with Crippen LogP contribution in [-0.4, -0.2) is 41.5 Å². The van der Waals surface area contributed by atoms with Crippen molar-refractivity contribution in [2.75, 3.05) is 13.2 Å². The third kappa shape index (κ3) is 3.00. The number of nitrogens with one attached hydrogen (secondary N) is 1. The molecular weight excluding hydrogens is 308 g/mol. The minimum Gasteiger partial charge on any atom is -0.464 e. The molecule has 1 N–H and O–H groups in total. The van der Waals surface area contributed by atoms with Crippen LogP contribution in [-0.2, 0) is 27.2 Å². The number of carbonyl (C=O) groups excluding carboxylic acids is 3. The molecule has 0 saturated carbocycles. The molecule has 0 aromatic heterocycles. The van der Waals surface area contributed by atoms with Crippen molar-refractivity contribution in [3.63, 3.8) is 0 Å². The minimum atomic E-state index is -0.921. The van der Waals surface area contributed by atoms with Crippen LogP contribution >= 0.6 is 0 Å². The number of ether oxygens (including phenoxy) is 1. The summed E-state index contributed by atoms with van der Waals surface area (Å²) in [5, 5.41) is 2.81. The van der Waals surface area contributed by atoms with Crippen LogP contribution in [0.1, 0.15) is 37.3 Å². The van der Waals surface area contributed by atoms with Crippen LogP contribution in [0.4, 0.5) is 4.79 Å². The summed E-state index contributed by atoms with van der Waals surface area (Å²) in [4.78, 5) is 37.9. The molecule has 1 unspecified atom stereocenters. The van der Waals surface area contributed by atoms with Crippen molar-refractivity contribution in [3.05, 3.63) is 35.4 Å². The first-order valence-corrected chi connectivity index (χ1v) is 8.42. The number of fused-ring (bicyclic) bond motifs is 1. The third-order valence-corrected chi connectivity index (χ3v) is 4.73. The maximum atomic E-state index is 12.8. The Kier molecular flexibility index (Phi) is 4.55. The number of esters is 1. The second-order valence-electron chi connectivity index (χ2n) is 6.42. The fraction of sp³-hybridized carbons (Fsp3) is 0.500. The molecule has 1 fully saturated rings. The second kappa shape index (κ2) is 6.63. The molecule has 1 atom stereocenters. The first-order valence-electron chi connectivity index (χ1n) is 8.42. The van der Waals surface area contributed by atoms with Crippen LogP contribution in [0.2, 0.25) is 0 Å². The van der Waals surface area contributed by atoms with Gasteiger partial charge in [0.15, 0.2) is 0 Å². The van der Waals surface area contributed by atoms with Crippen molar-refractivity contribution < 1.29 is 19.1 Å². The van der Waals surface area contributed by atoms with E-state index in [1.807, 2.05) is 31.2 Å². The Morgan fingerprint density at radius 3 is 2.79 bits per heavy atom. The van der Waals surface area contributed by atoms with Crippen molar-refractivity contribution in [3.8, 4) is 0 Å². The average molecular weight is 330 g/mol. The van der Waals surface area contributed by atoms with Gasteiger partial charge in [0, 0.05) is 6.42 Å². The number of hydrogen-bond acceptors (Lipinski definition) is 4. The summed E-state index contributed by atoms with van der Waals surface area (Å²) in [7, 11) is 0. The number of carbonyl (C=O) groups is 3. The first kappa shape index (κ1) is 16.5. The number of unbranched alkanes of at least 4 members (excludes halogenated alkanes) is 1. The van der Waals surface area contributed by atoms with Crippen LogP contribution in [0.25, 0.3) is 0 Å².